The normalized spacial score (nSPS) is 11.6. The average Bonchev–Trinajstić information content (AvgIpc) is 2.95. The Bertz CT molecular complexity index is 1790. The lowest BCUT2D eigenvalue weighted by Gasteiger charge is -2.17. The van der Waals surface area contributed by atoms with Crippen molar-refractivity contribution < 1.29 is 9.59 Å². The van der Waals surface area contributed by atoms with Crippen LogP contribution in [0.4, 0.5) is 0 Å². The molecule has 7 aromatic rings. The van der Waals surface area contributed by atoms with Crippen molar-refractivity contribution in [2.45, 2.75) is 0 Å². The predicted octanol–water partition coefficient (Wildman–Crippen LogP) is 8.20. The van der Waals surface area contributed by atoms with E-state index in [0.717, 1.165) is 43.1 Å². The van der Waals surface area contributed by atoms with E-state index in [1.54, 1.807) is 0 Å². The summed E-state index contributed by atoms with van der Waals surface area (Å²) in [5.41, 5.74) is 2.77. The molecule has 0 bridgehead atoms. The van der Waals surface area contributed by atoms with Gasteiger partial charge in [-0.2, -0.15) is 0 Å². The maximum absolute atomic E-state index is 13.4. The minimum atomic E-state index is 0.0205. The molecule has 0 fully saturated rings. The Morgan fingerprint density at radius 2 is 0.694 bits per heavy atom. The fourth-order valence-electron chi connectivity index (χ4n) is 5.60. The molecular weight excluding hydrogens is 440 g/mol. The van der Waals surface area contributed by atoms with Crippen molar-refractivity contribution in [2.24, 2.45) is 0 Å². The molecule has 7 rings (SSSR count). The van der Waals surface area contributed by atoms with Gasteiger partial charge in [0.1, 0.15) is 0 Å². The highest BCUT2D eigenvalue weighted by atomic mass is 16.1. The second-order valence-corrected chi connectivity index (χ2v) is 9.17. The van der Waals surface area contributed by atoms with Gasteiger partial charge in [0.05, 0.1) is 0 Å². The third-order valence-electron chi connectivity index (χ3n) is 7.22. The van der Waals surface area contributed by atoms with Crippen molar-refractivity contribution in [1.29, 1.82) is 0 Å². The van der Waals surface area contributed by atoms with E-state index in [4.69, 9.17) is 0 Å². The van der Waals surface area contributed by atoms with E-state index in [9.17, 15) is 9.59 Å². The molecule has 0 aliphatic rings. The maximum atomic E-state index is 13.4. The molecule has 0 aliphatic carbocycles. The summed E-state index contributed by atoms with van der Waals surface area (Å²) < 4.78 is 0. The van der Waals surface area contributed by atoms with Crippen molar-refractivity contribution in [3.8, 4) is 0 Å². The van der Waals surface area contributed by atoms with Crippen LogP contribution in [0, 0.1) is 0 Å². The van der Waals surface area contributed by atoms with Crippen LogP contribution in [-0.2, 0) is 0 Å². The molecule has 0 unspecified atom stereocenters. The fraction of sp³-hybridized carbons (Fsp3) is 0. The molecule has 2 nitrogen and oxygen atoms in total. The molecule has 168 valence electrons. The van der Waals surface area contributed by atoms with Crippen LogP contribution in [0.2, 0.25) is 0 Å². The van der Waals surface area contributed by atoms with Crippen molar-refractivity contribution in [1.82, 2.24) is 0 Å². The molecule has 36 heavy (non-hydrogen) atoms. The summed E-state index contributed by atoms with van der Waals surface area (Å²) in [6.07, 6.45) is 0. The molecule has 2 heteroatoms. The lowest BCUT2D eigenvalue weighted by molar-refractivity contribution is 0.103. The Morgan fingerprint density at radius 1 is 0.333 bits per heavy atom. The van der Waals surface area contributed by atoms with E-state index in [0.29, 0.717) is 22.3 Å². The van der Waals surface area contributed by atoms with Crippen LogP contribution < -0.4 is 0 Å². The van der Waals surface area contributed by atoms with Crippen LogP contribution >= 0.6 is 0 Å². The van der Waals surface area contributed by atoms with E-state index in [-0.39, 0.29) is 11.6 Å². The second kappa shape index (κ2) is 7.86. The number of carbonyl (C=O) groups excluding carboxylic acids is 2. The minimum absolute atomic E-state index is 0.0205. The summed E-state index contributed by atoms with van der Waals surface area (Å²) in [6, 6.07) is 39.2. The van der Waals surface area contributed by atoms with E-state index in [1.807, 2.05) is 97.1 Å². The van der Waals surface area contributed by atoms with Crippen LogP contribution in [0.1, 0.15) is 31.8 Å². The van der Waals surface area contributed by atoms with Crippen molar-refractivity contribution >= 4 is 54.7 Å². The smallest absolute Gasteiger partial charge is 0.193 e. The third kappa shape index (κ3) is 2.91. The number of fused-ring (bicyclic) bond motifs is 2. The highest BCUT2D eigenvalue weighted by Crippen LogP contribution is 2.42. The summed E-state index contributed by atoms with van der Waals surface area (Å²) >= 11 is 0. The largest absolute Gasteiger partial charge is 0.289 e. The molecule has 0 saturated heterocycles. The Kier molecular flexibility index (Phi) is 4.49. The Hall–Kier alpha value is -4.82. The highest BCUT2D eigenvalue weighted by Gasteiger charge is 2.20. The van der Waals surface area contributed by atoms with Gasteiger partial charge in [-0.15, -0.1) is 0 Å². The van der Waals surface area contributed by atoms with E-state index >= 15 is 0 Å². The molecule has 0 spiro atoms. The Morgan fingerprint density at radius 3 is 1.11 bits per heavy atom. The predicted molar refractivity (Wildman–Crippen MR) is 147 cm³/mol. The zero-order valence-corrected chi connectivity index (χ0v) is 19.4. The second-order valence-electron chi connectivity index (χ2n) is 9.17. The molecule has 0 amide bonds. The summed E-state index contributed by atoms with van der Waals surface area (Å²) in [5, 5.41) is 8.43. The number of ketones is 2. The van der Waals surface area contributed by atoms with Gasteiger partial charge in [-0.1, -0.05) is 109 Å². The van der Waals surface area contributed by atoms with Crippen LogP contribution in [-0.4, -0.2) is 11.6 Å². The summed E-state index contributed by atoms with van der Waals surface area (Å²) in [6.45, 7) is 0. The van der Waals surface area contributed by atoms with Gasteiger partial charge in [-0.3, -0.25) is 9.59 Å². The zero-order valence-electron chi connectivity index (χ0n) is 19.4. The quantitative estimate of drug-likeness (QED) is 0.151. The molecule has 0 aromatic heterocycles. The summed E-state index contributed by atoms with van der Waals surface area (Å²) in [5.74, 6) is 0.0409. The number of benzene rings is 7. The first-order chi connectivity index (χ1) is 17.7. The fourth-order valence-corrected chi connectivity index (χ4v) is 5.60. The molecule has 0 saturated carbocycles. The van der Waals surface area contributed by atoms with Gasteiger partial charge in [0.2, 0.25) is 0 Å². The summed E-state index contributed by atoms with van der Waals surface area (Å²) in [4.78, 5) is 26.9. The van der Waals surface area contributed by atoms with E-state index < -0.39 is 0 Å². The first-order valence-electron chi connectivity index (χ1n) is 12.0. The lowest BCUT2D eigenvalue weighted by atomic mass is 9.85. The van der Waals surface area contributed by atoms with Crippen molar-refractivity contribution in [3.63, 3.8) is 0 Å². The third-order valence-corrected chi connectivity index (χ3v) is 7.22. The van der Waals surface area contributed by atoms with Crippen molar-refractivity contribution in [2.75, 3.05) is 0 Å². The molecule has 0 heterocycles. The summed E-state index contributed by atoms with van der Waals surface area (Å²) in [7, 11) is 0. The number of hydrogen-bond donors (Lipinski definition) is 0. The number of carbonyl (C=O) groups is 2. The molecular formula is C34H20O2. The van der Waals surface area contributed by atoms with Gasteiger partial charge in [-0.25, -0.2) is 0 Å². The number of hydrogen-bond acceptors (Lipinski definition) is 2. The monoisotopic (exact) mass is 460 g/mol. The molecule has 0 radical (unpaired) electrons. The Balaban J connectivity index is 1.55. The molecule has 0 atom stereocenters. The van der Waals surface area contributed by atoms with Gasteiger partial charge in [0, 0.05) is 22.3 Å². The lowest BCUT2D eigenvalue weighted by Crippen LogP contribution is -2.03. The first kappa shape index (κ1) is 20.5. The highest BCUT2D eigenvalue weighted by molar-refractivity contribution is 6.36. The first-order valence-corrected chi connectivity index (χ1v) is 12.0. The molecule has 7 aromatic carbocycles. The van der Waals surface area contributed by atoms with Crippen LogP contribution in [0.25, 0.3) is 43.1 Å². The van der Waals surface area contributed by atoms with Gasteiger partial charge < -0.3 is 0 Å². The van der Waals surface area contributed by atoms with Crippen LogP contribution in [0.3, 0.4) is 0 Å². The van der Waals surface area contributed by atoms with E-state index in [2.05, 4.69) is 24.3 Å². The molecule has 0 aliphatic heterocycles. The Labute approximate surface area is 207 Å². The van der Waals surface area contributed by atoms with Crippen LogP contribution in [0.5, 0.6) is 0 Å². The topological polar surface area (TPSA) is 34.1 Å². The maximum Gasteiger partial charge on any atom is 0.193 e. The minimum Gasteiger partial charge on any atom is -0.289 e. The van der Waals surface area contributed by atoms with Crippen molar-refractivity contribution in [3.05, 3.63) is 144 Å². The zero-order chi connectivity index (χ0) is 24.2. The van der Waals surface area contributed by atoms with E-state index in [1.165, 1.54) is 0 Å². The molecule has 0 N–H and O–H groups in total. The average molecular weight is 461 g/mol. The van der Waals surface area contributed by atoms with Crippen LogP contribution in [0.15, 0.2) is 121 Å². The standard InChI is InChI=1S/C34H20O2/c35-33(21-9-3-1-4-10-21)29-19-17-27-24-14-8-16-26-30(34(36)22-11-5-2-6-12-22)20-18-28(32(24)26)23-13-7-15-25(29)31(23)27/h1-20H. The number of rotatable bonds is 4. The van der Waals surface area contributed by atoms with Gasteiger partial charge in [0.15, 0.2) is 11.6 Å². The van der Waals surface area contributed by atoms with Gasteiger partial charge in [-0.05, 0) is 55.2 Å². The SMILES string of the molecule is O=C(c1ccccc1)c1ccc2c3cccc4c(C(=O)c5ccccc5)ccc(c5cccc1c52)c43. The van der Waals surface area contributed by atoms with Gasteiger partial charge in [0.25, 0.3) is 0 Å². The van der Waals surface area contributed by atoms with Gasteiger partial charge >= 0.3 is 0 Å².